The number of aryl methyl sites for hydroxylation is 1. The predicted octanol–water partition coefficient (Wildman–Crippen LogP) is 1.03. The molecule has 1 aromatic rings. The Labute approximate surface area is 62.9 Å². The van der Waals surface area contributed by atoms with E-state index in [1.807, 2.05) is 13.0 Å². The third kappa shape index (κ3) is 1.54. The predicted molar refractivity (Wildman–Crippen MR) is 38.9 cm³/mol. The molecule has 0 aromatic carbocycles. The SMILES string of the molecule is Cc1cc(C(O)NO)cs1. The van der Waals surface area contributed by atoms with Gasteiger partial charge in [-0.3, -0.25) is 0 Å². The van der Waals surface area contributed by atoms with Crippen LogP contribution in [0.3, 0.4) is 0 Å². The van der Waals surface area contributed by atoms with Crippen LogP contribution >= 0.6 is 11.3 Å². The smallest absolute Gasteiger partial charge is 0.153 e. The first kappa shape index (κ1) is 7.68. The van der Waals surface area contributed by atoms with E-state index < -0.39 is 6.23 Å². The van der Waals surface area contributed by atoms with Gasteiger partial charge in [0, 0.05) is 10.4 Å². The van der Waals surface area contributed by atoms with Crippen molar-refractivity contribution in [2.75, 3.05) is 0 Å². The number of rotatable bonds is 2. The molecule has 0 aliphatic heterocycles. The van der Waals surface area contributed by atoms with Crippen molar-refractivity contribution in [3.05, 3.63) is 21.9 Å². The maximum Gasteiger partial charge on any atom is 0.153 e. The van der Waals surface area contributed by atoms with Crippen LogP contribution in [0, 0.1) is 6.92 Å². The van der Waals surface area contributed by atoms with E-state index in [2.05, 4.69) is 0 Å². The van der Waals surface area contributed by atoms with Crippen molar-refractivity contribution in [2.24, 2.45) is 0 Å². The molecule has 4 heteroatoms. The van der Waals surface area contributed by atoms with Crippen LogP contribution in [0.15, 0.2) is 11.4 Å². The molecule has 0 saturated heterocycles. The highest BCUT2D eigenvalue weighted by Crippen LogP contribution is 2.17. The van der Waals surface area contributed by atoms with Crippen LogP contribution < -0.4 is 5.48 Å². The average molecular weight is 159 g/mol. The molecule has 1 heterocycles. The molecule has 0 fully saturated rings. The Morgan fingerprint density at radius 2 is 2.40 bits per heavy atom. The lowest BCUT2D eigenvalue weighted by molar-refractivity contribution is 0.000935. The highest BCUT2D eigenvalue weighted by Gasteiger charge is 2.05. The van der Waals surface area contributed by atoms with Gasteiger partial charge in [-0.1, -0.05) is 0 Å². The molecule has 0 aliphatic carbocycles. The average Bonchev–Trinajstić information content (AvgIpc) is 2.34. The maximum absolute atomic E-state index is 8.99. The second-order valence-electron chi connectivity index (χ2n) is 2.02. The lowest BCUT2D eigenvalue weighted by atomic mass is 10.3. The Morgan fingerprint density at radius 3 is 2.80 bits per heavy atom. The number of aliphatic hydroxyl groups excluding tert-OH is 1. The van der Waals surface area contributed by atoms with Crippen molar-refractivity contribution in [1.82, 2.24) is 5.48 Å². The topological polar surface area (TPSA) is 52.5 Å². The molecule has 0 radical (unpaired) electrons. The van der Waals surface area contributed by atoms with E-state index in [9.17, 15) is 0 Å². The Balaban J connectivity index is 2.74. The monoisotopic (exact) mass is 159 g/mol. The van der Waals surface area contributed by atoms with Crippen LogP contribution in [-0.4, -0.2) is 10.3 Å². The van der Waals surface area contributed by atoms with Crippen molar-refractivity contribution in [3.8, 4) is 0 Å². The minimum absolute atomic E-state index is 0.699. The van der Waals surface area contributed by atoms with Gasteiger partial charge in [-0.2, -0.15) is 5.48 Å². The Morgan fingerprint density at radius 1 is 1.70 bits per heavy atom. The molecule has 1 atom stereocenters. The third-order valence-electron chi connectivity index (χ3n) is 1.19. The quantitative estimate of drug-likeness (QED) is 0.446. The maximum atomic E-state index is 8.99. The lowest BCUT2D eigenvalue weighted by Gasteiger charge is -2.03. The van der Waals surface area contributed by atoms with E-state index in [-0.39, 0.29) is 0 Å². The second kappa shape index (κ2) is 3.12. The number of thiophene rings is 1. The molecule has 0 saturated carbocycles. The molecule has 3 N–H and O–H groups in total. The van der Waals surface area contributed by atoms with E-state index in [0.717, 1.165) is 4.88 Å². The summed E-state index contributed by atoms with van der Waals surface area (Å²) < 4.78 is 0. The highest BCUT2D eigenvalue weighted by atomic mass is 32.1. The zero-order chi connectivity index (χ0) is 7.56. The Kier molecular flexibility index (Phi) is 2.39. The number of aliphatic hydroxyl groups is 1. The number of hydrogen-bond donors (Lipinski definition) is 3. The first-order valence-corrected chi connectivity index (χ1v) is 3.74. The number of nitrogens with one attached hydrogen (secondary N) is 1. The van der Waals surface area contributed by atoms with Crippen LogP contribution in [0.5, 0.6) is 0 Å². The summed E-state index contributed by atoms with van der Waals surface area (Å²) in [6, 6.07) is 1.82. The normalized spacial score (nSPS) is 13.5. The van der Waals surface area contributed by atoms with Crippen molar-refractivity contribution in [3.63, 3.8) is 0 Å². The van der Waals surface area contributed by atoms with Crippen LogP contribution in [0.2, 0.25) is 0 Å². The molecular formula is C6H9NO2S. The summed E-state index contributed by atoms with van der Waals surface area (Å²) in [7, 11) is 0. The van der Waals surface area contributed by atoms with Crippen molar-refractivity contribution in [1.29, 1.82) is 0 Å². The van der Waals surface area contributed by atoms with Gasteiger partial charge in [0.15, 0.2) is 6.23 Å². The summed E-state index contributed by atoms with van der Waals surface area (Å²) in [5, 5.41) is 19.1. The molecule has 0 amide bonds. The van der Waals surface area contributed by atoms with Crippen LogP contribution in [0.4, 0.5) is 0 Å². The summed E-state index contributed by atoms with van der Waals surface area (Å²) in [6.07, 6.45) is -0.954. The molecule has 0 spiro atoms. The minimum Gasteiger partial charge on any atom is -0.372 e. The molecule has 10 heavy (non-hydrogen) atoms. The van der Waals surface area contributed by atoms with E-state index in [0.29, 0.717) is 5.56 Å². The van der Waals surface area contributed by atoms with E-state index >= 15 is 0 Å². The van der Waals surface area contributed by atoms with Gasteiger partial charge in [-0.15, -0.1) is 11.3 Å². The fourth-order valence-electron chi connectivity index (χ4n) is 0.682. The molecular weight excluding hydrogens is 150 g/mol. The number of hydrogen-bond acceptors (Lipinski definition) is 4. The van der Waals surface area contributed by atoms with E-state index in [1.54, 1.807) is 10.9 Å². The second-order valence-corrected chi connectivity index (χ2v) is 3.14. The van der Waals surface area contributed by atoms with Crippen molar-refractivity contribution < 1.29 is 10.3 Å². The van der Waals surface area contributed by atoms with Gasteiger partial charge in [-0.05, 0) is 18.4 Å². The minimum atomic E-state index is -0.954. The molecule has 1 unspecified atom stereocenters. The summed E-state index contributed by atoms with van der Waals surface area (Å²) in [5.41, 5.74) is 2.46. The van der Waals surface area contributed by atoms with Gasteiger partial charge < -0.3 is 10.3 Å². The summed E-state index contributed by atoms with van der Waals surface area (Å²) in [4.78, 5) is 1.12. The highest BCUT2D eigenvalue weighted by molar-refractivity contribution is 7.10. The molecule has 1 rings (SSSR count). The van der Waals surface area contributed by atoms with Gasteiger partial charge in [0.25, 0.3) is 0 Å². The van der Waals surface area contributed by atoms with E-state index in [4.69, 9.17) is 10.3 Å². The van der Waals surface area contributed by atoms with Gasteiger partial charge in [-0.25, -0.2) is 0 Å². The zero-order valence-corrected chi connectivity index (χ0v) is 6.35. The molecule has 0 bridgehead atoms. The molecule has 1 aromatic heterocycles. The largest absolute Gasteiger partial charge is 0.372 e. The van der Waals surface area contributed by atoms with Gasteiger partial charge >= 0.3 is 0 Å². The summed E-state index contributed by atoms with van der Waals surface area (Å²) >= 11 is 1.54. The van der Waals surface area contributed by atoms with Crippen molar-refractivity contribution in [2.45, 2.75) is 13.2 Å². The van der Waals surface area contributed by atoms with Gasteiger partial charge in [0.2, 0.25) is 0 Å². The van der Waals surface area contributed by atoms with Gasteiger partial charge in [0.05, 0.1) is 0 Å². The molecule has 3 nitrogen and oxygen atoms in total. The standard InChI is InChI=1S/C6H9NO2S/c1-4-2-5(3-10-4)6(8)7-9/h2-3,6-9H,1H3. The molecule has 56 valence electrons. The summed E-state index contributed by atoms with van der Waals surface area (Å²) in [5.74, 6) is 0. The van der Waals surface area contributed by atoms with E-state index in [1.165, 1.54) is 11.3 Å². The number of hydroxylamine groups is 1. The van der Waals surface area contributed by atoms with Crippen LogP contribution in [0.1, 0.15) is 16.7 Å². The van der Waals surface area contributed by atoms with Gasteiger partial charge in [0.1, 0.15) is 0 Å². The Bertz CT molecular complexity index is 211. The van der Waals surface area contributed by atoms with Crippen molar-refractivity contribution >= 4 is 11.3 Å². The fraction of sp³-hybridized carbons (Fsp3) is 0.333. The van der Waals surface area contributed by atoms with Crippen LogP contribution in [-0.2, 0) is 0 Å². The zero-order valence-electron chi connectivity index (χ0n) is 5.53. The molecule has 0 aliphatic rings. The fourth-order valence-corrected chi connectivity index (χ4v) is 1.40. The first-order chi connectivity index (χ1) is 4.74. The first-order valence-electron chi connectivity index (χ1n) is 2.87. The third-order valence-corrected chi connectivity index (χ3v) is 2.07. The van der Waals surface area contributed by atoms with Crippen LogP contribution in [0.25, 0.3) is 0 Å². The summed E-state index contributed by atoms with van der Waals surface area (Å²) in [6.45, 7) is 1.94. The Hall–Kier alpha value is -0.420. The lowest BCUT2D eigenvalue weighted by Crippen LogP contribution is -2.14.